The van der Waals surface area contributed by atoms with Crippen molar-refractivity contribution in [3.8, 4) is 5.75 Å². The van der Waals surface area contributed by atoms with Gasteiger partial charge in [0.05, 0.1) is 25.9 Å². The highest BCUT2D eigenvalue weighted by molar-refractivity contribution is 6.32. The first kappa shape index (κ1) is 18.7. The van der Waals surface area contributed by atoms with E-state index in [1.165, 1.54) is 6.20 Å². The zero-order chi connectivity index (χ0) is 18.2. The molecule has 0 atom stereocenters. The number of hydrogen-bond acceptors (Lipinski definition) is 5. The number of amides is 2. The fourth-order valence-corrected chi connectivity index (χ4v) is 2.26. The summed E-state index contributed by atoms with van der Waals surface area (Å²) in [5, 5.41) is 5.63. The summed E-state index contributed by atoms with van der Waals surface area (Å²) in [4.78, 5) is 29.5. The third-order valence-corrected chi connectivity index (χ3v) is 3.54. The van der Waals surface area contributed by atoms with Crippen LogP contribution in [0.25, 0.3) is 0 Å². The van der Waals surface area contributed by atoms with Gasteiger partial charge in [0, 0.05) is 11.9 Å². The smallest absolute Gasteiger partial charge is 0.238 e. The van der Waals surface area contributed by atoms with E-state index >= 15 is 0 Å². The van der Waals surface area contributed by atoms with Crippen LogP contribution in [0.4, 0.5) is 11.4 Å². The van der Waals surface area contributed by atoms with E-state index in [1.807, 2.05) is 0 Å². The van der Waals surface area contributed by atoms with Gasteiger partial charge in [-0.1, -0.05) is 11.6 Å². The number of nitrogens with one attached hydrogen (secondary N) is 2. The summed E-state index contributed by atoms with van der Waals surface area (Å²) < 4.78 is 5.06. The maximum Gasteiger partial charge on any atom is 0.238 e. The van der Waals surface area contributed by atoms with Crippen molar-refractivity contribution >= 4 is 34.8 Å². The average Bonchev–Trinajstić information content (AvgIpc) is 2.57. The van der Waals surface area contributed by atoms with E-state index in [2.05, 4.69) is 15.6 Å². The molecule has 132 valence electrons. The van der Waals surface area contributed by atoms with E-state index in [0.29, 0.717) is 17.1 Å². The summed E-state index contributed by atoms with van der Waals surface area (Å²) >= 11 is 5.89. The second kappa shape index (κ2) is 9.00. The molecule has 1 aromatic carbocycles. The van der Waals surface area contributed by atoms with E-state index in [0.717, 1.165) is 0 Å². The highest BCUT2D eigenvalue weighted by atomic mass is 35.5. The lowest BCUT2D eigenvalue weighted by molar-refractivity contribution is -0.119. The van der Waals surface area contributed by atoms with Crippen LogP contribution in [0.3, 0.4) is 0 Å². The lowest BCUT2D eigenvalue weighted by atomic mass is 10.3. The monoisotopic (exact) mass is 362 g/mol. The van der Waals surface area contributed by atoms with Crippen LogP contribution in [0.1, 0.15) is 0 Å². The van der Waals surface area contributed by atoms with Gasteiger partial charge in [-0.15, -0.1) is 0 Å². The lowest BCUT2D eigenvalue weighted by Crippen LogP contribution is -2.36. The van der Waals surface area contributed by atoms with Crippen LogP contribution in [0.2, 0.25) is 5.15 Å². The number of carbonyl (C=O) groups is 2. The Labute approximate surface area is 150 Å². The maximum absolute atomic E-state index is 12.0. The first-order valence-corrected chi connectivity index (χ1v) is 7.88. The van der Waals surface area contributed by atoms with Gasteiger partial charge in [-0.2, -0.15) is 0 Å². The number of aromatic nitrogens is 1. The molecule has 0 spiro atoms. The molecule has 0 saturated carbocycles. The van der Waals surface area contributed by atoms with Crippen LogP contribution < -0.4 is 15.4 Å². The molecule has 0 aliphatic rings. The number of methoxy groups -OCH3 is 1. The fourth-order valence-electron chi connectivity index (χ4n) is 2.09. The van der Waals surface area contributed by atoms with Crippen LogP contribution >= 0.6 is 11.6 Å². The second-order valence-corrected chi connectivity index (χ2v) is 5.70. The Kier molecular flexibility index (Phi) is 6.73. The van der Waals surface area contributed by atoms with Gasteiger partial charge in [-0.05, 0) is 43.4 Å². The third-order valence-electron chi connectivity index (χ3n) is 3.23. The Morgan fingerprint density at radius 3 is 2.36 bits per heavy atom. The van der Waals surface area contributed by atoms with Gasteiger partial charge in [-0.3, -0.25) is 14.5 Å². The number of benzene rings is 1. The highest BCUT2D eigenvalue weighted by Crippen LogP contribution is 2.17. The Morgan fingerprint density at radius 2 is 1.76 bits per heavy atom. The standard InChI is InChI=1S/C17H19ClN4O3/c1-22(11-16(24)21-14-4-3-9-19-17(14)18)10-15(23)20-12-5-7-13(25-2)8-6-12/h3-9H,10-11H2,1-2H3,(H,20,23)(H,21,24). The molecule has 7 nitrogen and oxygen atoms in total. The van der Waals surface area contributed by atoms with Gasteiger partial charge in [-0.25, -0.2) is 4.98 Å². The number of carbonyl (C=O) groups excluding carboxylic acids is 2. The molecule has 2 aromatic rings. The van der Waals surface area contributed by atoms with Crippen molar-refractivity contribution < 1.29 is 14.3 Å². The average molecular weight is 363 g/mol. The van der Waals surface area contributed by atoms with Crippen molar-refractivity contribution in [2.75, 3.05) is 37.9 Å². The third kappa shape index (κ3) is 6.06. The number of anilines is 2. The molecule has 0 saturated heterocycles. The topological polar surface area (TPSA) is 83.6 Å². The molecule has 0 fully saturated rings. The van der Waals surface area contributed by atoms with Gasteiger partial charge < -0.3 is 15.4 Å². The Balaban J connectivity index is 1.80. The van der Waals surface area contributed by atoms with Gasteiger partial charge in [0.15, 0.2) is 5.15 Å². The molecule has 0 bridgehead atoms. The number of hydrogen-bond donors (Lipinski definition) is 2. The zero-order valence-corrected chi connectivity index (χ0v) is 14.7. The molecule has 0 unspecified atom stereocenters. The van der Waals surface area contributed by atoms with Gasteiger partial charge in [0.1, 0.15) is 5.75 Å². The van der Waals surface area contributed by atoms with Crippen LogP contribution in [-0.4, -0.2) is 48.9 Å². The molecule has 8 heteroatoms. The molecule has 0 aliphatic carbocycles. The largest absolute Gasteiger partial charge is 0.497 e. The van der Waals surface area contributed by atoms with Crippen molar-refractivity contribution in [2.45, 2.75) is 0 Å². The molecular formula is C17H19ClN4O3. The van der Waals surface area contributed by atoms with E-state index in [4.69, 9.17) is 16.3 Å². The number of pyridine rings is 1. The zero-order valence-electron chi connectivity index (χ0n) is 14.0. The molecule has 1 aromatic heterocycles. The maximum atomic E-state index is 12.0. The minimum absolute atomic E-state index is 0.0429. The number of nitrogens with zero attached hydrogens (tertiary/aromatic N) is 2. The summed E-state index contributed by atoms with van der Waals surface area (Å²) in [5.41, 5.74) is 1.09. The number of halogens is 1. The first-order valence-electron chi connectivity index (χ1n) is 7.50. The number of likely N-dealkylation sites (N-methyl/N-ethyl adjacent to an activating group) is 1. The Bertz CT molecular complexity index is 737. The summed E-state index contributed by atoms with van der Waals surface area (Å²) in [5.74, 6) is 0.204. The van der Waals surface area contributed by atoms with Crippen molar-refractivity contribution in [3.05, 3.63) is 47.7 Å². The SMILES string of the molecule is COc1ccc(NC(=O)CN(C)CC(=O)Nc2cccnc2Cl)cc1. The van der Waals surface area contributed by atoms with Crippen molar-refractivity contribution in [3.63, 3.8) is 0 Å². The van der Waals surface area contributed by atoms with E-state index in [-0.39, 0.29) is 30.1 Å². The molecule has 0 aliphatic heterocycles. The normalized spacial score (nSPS) is 10.4. The molecular weight excluding hydrogens is 344 g/mol. The number of ether oxygens (including phenoxy) is 1. The van der Waals surface area contributed by atoms with E-state index in [1.54, 1.807) is 55.5 Å². The van der Waals surface area contributed by atoms with Crippen LogP contribution in [0, 0.1) is 0 Å². The van der Waals surface area contributed by atoms with Crippen LogP contribution in [0.5, 0.6) is 5.75 Å². The van der Waals surface area contributed by atoms with Crippen molar-refractivity contribution in [1.29, 1.82) is 0 Å². The quantitative estimate of drug-likeness (QED) is 0.738. The second-order valence-electron chi connectivity index (χ2n) is 5.34. The van der Waals surface area contributed by atoms with Gasteiger partial charge in [0.2, 0.25) is 11.8 Å². The summed E-state index contributed by atoms with van der Waals surface area (Å²) in [6.07, 6.45) is 1.54. The summed E-state index contributed by atoms with van der Waals surface area (Å²) in [7, 11) is 3.25. The lowest BCUT2D eigenvalue weighted by Gasteiger charge is -2.16. The van der Waals surface area contributed by atoms with E-state index in [9.17, 15) is 9.59 Å². The fraction of sp³-hybridized carbons (Fsp3) is 0.235. The molecule has 2 rings (SSSR count). The predicted octanol–water partition coefficient (Wildman–Crippen LogP) is 2.25. The van der Waals surface area contributed by atoms with Crippen molar-refractivity contribution in [2.24, 2.45) is 0 Å². The Morgan fingerprint density at radius 1 is 1.12 bits per heavy atom. The van der Waals surface area contributed by atoms with Crippen LogP contribution in [-0.2, 0) is 9.59 Å². The minimum Gasteiger partial charge on any atom is -0.497 e. The number of rotatable bonds is 7. The predicted molar refractivity (Wildman–Crippen MR) is 97.0 cm³/mol. The molecule has 0 radical (unpaired) electrons. The highest BCUT2D eigenvalue weighted by Gasteiger charge is 2.12. The summed E-state index contributed by atoms with van der Waals surface area (Å²) in [6.45, 7) is 0.113. The van der Waals surface area contributed by atoms with Gasteiger partial charge in [0.25, 0.3) is 0 Å². The first-order chi connectivity index (χ1) is 12.0. The molecule has 1 heterocycles. The molecule has 2 amide bonds. The Hall–Kier alpha value is -2.64. The van der Waals surface area contributed by atoms with Crippen LogP contribution in [0.15, 0.2) is 42.6 Å². The van der Waals surface area contributed by atoms with Crippen molar-refractivity contribution in [1.82, 2.24) is 9.88 Å². The minimum atomic E-state index is -0.283. The van der Waals surface area contributed by atoms with E-state index < -0.39 is 0 Å². The summed E-state index contributed by atoms with van der Waals surface area (Å²) in [6, 6.07) is 10.3. The molecule has 2 N–H and O–H groups in total. The molecule has 25 heavy (non-hydrogen) atoms. The van der Waals surface area contributed by atoms with Gasteiger partial charge >= 0.3 is 0 Å².